The second-order valence-electron chi connectivity index (χ2n) is 8.31. The van der Waals surface area contributed by atoms with Gasteiger partial charge < -0.3 is 14.2 Å². The molecule has 0 radical (unpaired) electrons. The van der Waals surface area contributed by atoms with Crippen molar-refractivity contribution in [1.82, 2.24) is 0 Å². The summed E-state index contributed by atoms with van der Waals surface area (Å²) in [6, 6.07) is 0. The van der Waals surface area contributed by atoms with Crippen molar-refractivity contribution in [1.29, 1.82) is 0 Å². The maximum atomic E-state index is 6.29. The Hall–Kier alpha value is -0.120. The molecule has 1 heterocycles. The molecule has 1 rings (SSSR count). The van der Waals surface area contributed by atoms with Crippen molar-refractivity contribution in [3.05, 3.63) is 0 Å². The van der Waals surface area contributed by atoms with Gasteiger partial charge >= 0.3 is 0 Å². The Morgan fingerprint density at radius 3 is 2.10 bits per heavy atom. The highest BCUT2D eigenvalue weighted by atomic mass is 16.6. The predicted octanol–water partition coefficient (Wildman–Crippen LogP) is 4.05. The van der Waals surface area contributed by atoms with Gasteiger partial charge in [0.2, 0.25) is 0 Å². The normalized spacial score (nSPS) is 33.0. The molecule has 0 aromatic carbocycles. The smallest absolute Gasteiger partial charge is 0.107 e. The van der Waals surface area contributed by atoms with Crippen LogP contribution in [0.2, 0.25) is 0 Å². The lowest BCUT2D eigenvalue weighted by Gasteiger charge is -2.36. The van der Waals surface area contributed by atoms with Crippen LogP contribution >= 0.6 is 0 Å². The minimum Gasteiger partial charge on any atom is -0.373 e. The van der Waals surface area contributed by atoms with Gasteiger partial charge in [0.1, 0.15) is 6.10 Å². The van der Waals surface area contributed by atoms with Gasteiger partial charge in [0.25, 0.3) is 0 Å². The first-order valence-electron chi connectivity index (χ1n) is 7.91. The van der Waals surface area contributed by atoms with Crippen molar-refractivity contribution >= 4 is 0 Å². The highest BCUT2D eigenvalue weighted by Gasteiger charge is 2.36. The van der Waals surface area contributed by atoms with Crippen LogP contribution in [-0.2, 0) is 14.2 Å². The molecule has 3 nitrogen and oxygen atoms in total. The SMILES string of the molecule is CC1COC(COC(C)(C)C)[C@@H](OC(C)(C)C)C(C)C1. The van der Waals surface area contributed by atoms with Crippen molar-refractivity contribution < 1.29 is 14.2 Å². The average Bonchev–Trinajstić information content (AvgIpc) is 2.34. The first-order valence-corrected chi connectivity index (χ1v) is 7.91. The summed E-state index contributed by atoms with van der Waals surface area (Å²) in [6.07, 6.45) is 1.27. The van der Waals surface area contributed by atoms with Crippen LogP contribution in [0.5, 0.6) is 0 Å². The van der Waals surface area contributed by atoms with Crippen LogP contribution in [0.4, 0.5) is 0 Å². The fourth-order valence-electron chi connectivity index (χ4n) is 2.66. The van der Waals surface area contributed by atoms with Crippen molar-refractivity contribution in [2.24, 2.45) is 11.8 Å². The standard InChI is InChI=1S/C17H34O3/c1-12-9-13(2)15(20-17(6,7)8)14(18-10-12)11-19-16(3,4)5/h12-15H,9-11H2,1-8H3/t12?,13?,14?,15-/m0/s1. The zero-order valence-electron chi connectivity index (χ0n) is 14.7. The summed E-state index contributed by atoms with van der Waals surface area (Å²) in [5.41, 5.74) is -0.299. The first kappa shape index (κ1) is 17.9. The largest absolute Gasteiger partial charge is 0.373 e. The van der Waals surface area contributed by atoms with Gasteiger partial charge in [-0.25, -0.2) is 0 Å². The van der Waals surface area contributed by atoms with Crippen LogP contribution in [0.3, 0.4) is 0 Å². The van der Waals surface area contributed by atoms with Crippen LogP contribution in [0.1, 0.15) is 61.8 Å². The third-order valence-corrected chi connectivity index (χ3v) is 3.47. The minimum atomic E-state index is -0.157. The van der Waals surface area contributed by atoms with Crippen molar-refractivity contribution in [2.75, 3.05) is 13.2 Å². The maximum Gasteiger partial charge on any atom is 0.107 e. The molecule has 0 aliphatic carbocycles. The molecule has 1 aliphatic heterocycles. The van der Waals surface area contributed by atoms with Gasteiger partial charge in [0.15, 0.2) is 0 Å². The minimum absolute atomic E-state index is 0.0217. The molecule has 1 saturated heterocycles. The van der Waals surface area contributed by atoms with E-state index in [0.717, 1.165) is 13.0 Å². The van der Waals surface area contributed by atoms with Crippen LogP contribution in [-0.4, -0.2) is 36.6 Å². The molecule has 3 unspecified atom stereocenters. The molecule has 1 aliphatic rings. The summed E-state index contributed by atoms with van der Waals surface area (Å²) in [6.45, 7) is 18.5. The average molecular weight is 286 g/mol. The van der Waals surface area contributed by atoms with Gasteiger partial charge in [-0.15, -0.1) is 0 Å². The summed E-state index contributed by atoms with van der Waals surface area (Å²) < 4.78 is 18.3. The van der Waals surface area contributed by atoms with E-state index < -0.39 is 0 Å². The number of hydrogen-bond donors (Lipinski definition) is 0. The van der Waals surface area contributed by atoms with E-state index in [4.69, 9.17) is 14.2 Å². The molecular formula is C17H34O3. The maximum absolute atomic E-state index is 6.29. The topological polar surface area (TPSA) is 27.7 Å². The monoisotopic (exact) mass is 286 g/mol. The van der Waals surface area contributed by atoms with E-state index >= 15 is 0 Å². The summed E-state index contributed by atoms with van der Waals surface area (Å²) in [5, 5.41) is 0. The molecule has 0 aromatic rings. The summed E-state index contributed by atoms with van der Waals surface area (Å²) in [7, 11) is 0. The Morgan fingerprint density at radius 1 is 1.00 bits per heavy atom. The van der Waals surface area contributed by atoms with Crippen molar-refractivity contribution in [3.63, 3.8) is 0 Å². The number of rotatable bonds is 3. The lowest BCUT2D eigenvalue weighted by molar-refractivity contribution is -0.166. The van der Waals surface area contributed by atoms with E-state index in [9.17, 15) is 0 Å². The molecule has 120 valence electrons. The number of hydrogen-bond acceptors (Lipinski definition) is 3. The Morgan fingerprint density at radius 2 is 1.60 bits per heavy atom. The van der Waals surface area contributed by atoms with Gasteiger partial charge in [0, 0.05) is 6.61 Å². The van der Waals surface area contributed by atoms with E-state index in [-0.39, 0.29) is 23.4 Å². The van der Waals surface area contributed by atoms with E-state index in [0.29, 0.717) is 18.4 Å². The van der Waals surface area contributed by atoms with Gasteiger partial charge in [-0.2, -0.15) is 0 Å². The van der Waals surface area contributed by atoms with Gasteiger partial charge in [0.05, 0.1) is 23.9 Å². The van der Waals surface area contributed by atoms with E-state index in [1.807, 2.05) is 0 Å². The Balaban J connectivity index is 2.77. The lowest BCUT2D eigenvalue weighted by Crippen LogP contribution is -2.44. The molecule has 1 fully saturated rings. The molecule has 3 heteroatoms. The molecule has 0 N–H and O–H groups in total. The summed E-state index contributed by atoms with van der Waals surface area (Å²) in [5.74, 6) is 1.07. The zero-order chi connectivity index (χ0) is 15.6. The van der Waals surface area contributed by atoms with E-state index in [2.05, 4.69) is 55.4 Å². The summed E-state index contributed by atoms with van der Waals surface area (Å²) in [4.78, 5) is 0. The first-order chi connectivity index (χ1) is 8.98. The highest BCUT2D eigenvalue weighted by molar-refractivity contribution is 4.84. The Labute approximate surface area is 125 Å². The second-order valence-corrected chi connectivity index (χ2v) is 8.31. The molecule has 20 heavy (non-hydrogen) atoms. The zero-order valence-corrected chi connectivity index (χ0v) is 14.7. The van der Waals surface area contributed by atoms with Gasteiger partial charge in [-0.1, -0.05) is 13.8 Å². The molecule has 0 saturated carbocycles. The fourth-order valence-corrected chi connectivity index (χ4v) is 2.66. The van der Waals surface area contributed by atoms with Crippen LogP contribution in [0.15, 0.2) is 0 Å². The third-order valence-electron chi connectivity index (χ3n) is 3.47. The van der Waals surface area contributed by atoms with Crippen LogP contribution < -0.4 is 0 Å². The van der Waals surface area contributed by atoms with Gasteiger partial charge in [-0.3, -0.25) is 0 Å². The Kier molecular flexibility index (Phi) is 6.06. The fraction of sp³-hybridized carbons (Fsp3) is 1.00. The molecule has 0 spiro atoms. The molecule has 0 aromatic heterocycles. The lowest BCUT2D eigenvalue weighted by atomic mass is 9.91. The van der Waals surface area contributed by atoms with Crippen LogP contribution in [0, 0.1) is 11.8 Å². The van der Waals surface area contributed by atoms with E-state index in [1.165, 1.54) is 0 Å². The van der Waals surface area contributed by atoms with Crippen LogP contribution in [0.25, 0.3) is 0 Å². The second kappa shape index (κ2) is 6.76. The van der Waals surface area contributed by atoms with Crippen molar-refractivity contribution in [3.8, 4) is 0 Å². The quantitative estimate of drug-likeness (QED) is 0.783. The molecular weight excluding hydrogens is 252 g/mol. The summed E-state index contributed by atoms with van der Waals surface area (Å²) >= 11 is 0. The highest BCUT2D eigenvalue weighted by Crippen LogP contribution is 2.30. The molecule has 4 atom stereocenters. The number of ether oxygens (including phenoxy) is 3. The Bertz CT molecular complexity index is 288. The van der Waals surface area contributed by atoms with E-state index in [1.54, 1.807) is 0 Å². The predicted molar refractivity (Wildman–Crippen MR) is 83.0 cm³/mol. The molecule has 0 amide bonds. The third kappa shape index (κ3) is 6.55. The van der Waals surface area contributed by atoms with Crippen molar-refractivity contribution in [2.45, 2.75) is 85.2 Å². The molecule has 0 bridgehead atoms. The van der Waals surface area contributed by atoms with Gasteiger partial charge in [-0.05, 0) is 59.8 Å².